The van der Waals surface area contributed by atoms with Crippen molar-refractivity contribution in [2.45, 2.75) is 47.3 Å². The number of hydrogen-bond donors (Lipinski definition) is 0. The largest absolute Gasteiger partial charge is 3.00 e. The standard InChI is InChI=1S/C8H13N2Si.2C4H10N.Zr/c1-11(2,3)10-7-8-5-4-6-9-8;2*1-3-5-4-2;/h4-7H,1-3H3;2*3-4H2,1-2H3;/q3*-1;+3/b10-7+;;;. The molecule has 6 heteroatoms. The van der Waals surface area contributed by atoms with E-state index in [-0.39, 0.29) is 26.2 Å². The van der Waals surface area contributed by atoms with E-state index in [1.54, 1.807) is 6.20 Å². The summed E-state index contributed by atoms with van der Waals surface area (Å²) >= 11 is 0. The molecule has 0 saturated heterocycles. The monoisotopic (exact) mass is 399 g/mol. The molecular formula is C16H33N4SiZr. The van der Waals surface area contributed by atoms with Gasteiger partial charge in [-0.3, -0.25) is 0 Å². The van der Waals surface area contributed by atoms with E-state index in [1.807, 2.05) is 46.0 Å². The zero-order valence-electron chi connectivity index (χ0n) is 15.4. The summed E-state index contributed by atoms with van der Waals surface area (Å²) in [5.74, 6) is 0. The molecule has 0 spiro atoms. The van der Waals surface area contributed by atoms with Crippen molar-refractivity contribution in [1.29, 1.82) is 0 Å². The Labute approximate surface area is 158 Å². The van der Waals surface area contributed by atoms with Gasteiger partial charge in [0, 0.05) is 0 Å². The Hall–Kier alpha value is -0.0300. The first-order valence-electron chi connectivity index (χ1n) is 7.80. The Balaban J connectivity index is -0.000000279. The minimum atomic E-state index is -1.28. The summed E-state index contributed by atoms with van der Waals surface area (Å²) < 4.78 is 4.45. The van der Waals surface area contributed by atoms with Gasteiger partial charge in [-0.25, -0.2) is 0 Å². The smallest absolute Gasteiger partial charge is 0.663 e. The summed E-state index contributed by atoms with van der Waals surface area (Å²) in [5.41, 5.74) is 0.965. The van der Waals surface area contributed by atoms with Crippen LogP contribution in [0.25, 0.3) is 10.6 Å². The summed E-state index contributed by atoms with van der Waals surface area (Å²) in [6.45, 7) is 18.7. The second-order valence-electron chi connectivity index (χ2n) is 5.20. The summed E-state index contributed by atoms with van der Waals surface area (Å²) in [6.07, 6.45) is 3.65. The Morgan fingerprint density at radius 3 is 1.68 bits per heavy atom. The summed E-state index contributed by atoms with van der Waals surface area (Å²) in [6, 6.07) is 3.88. The molecule has 0 N–H and O–H groups in total. The maximum absolute atomic E-state index is 4.45. The van der Waals surface area contributed by atoms with E-state index in [0.717, 1.165) is 31.9 Å². The number of rotatable bonds is 6. The second-order valence-corrected chi connectivity index (χ2v) is 9.80. The number of nitrogens with zero attached hydrogens (tertiary/aromatic N) is 4. The number of aromatic nitrogens is 1. The molecular weight excluding hydrogens is 368 g/mol. The predicted molar refractivity (Wildman–Crippen MR) is 99.6 cm³/mol. The number of hydrogen-bond acceptors (Lipinski definition) is 1. The summed E-state index contributed by atoms with van der Waals surface area (Å²) in [7, 11) is -1.28. The molecule has 1 aromatic rings. The van der Waals surface area contributed by atoms with Crippen LogP contribution in [0.3, 0.4) is 0 Å². The van der Waals surface area contributed by atoms with Gasteiger partial charge in [-0.1, -0.05) is 39.8 Å². The van der Waals surface area contributed by atoms with E-state index < -0.39 is 8.24 Å². The molecule has 0 aromatic carbocycles. The van der Waals surface area contributed by atoms with E-state index in [1.165, 1.54) is 0 Å². The van der Waals surface area contributed by atoms with E-state index in [2.05, 4.69) is 39.9 Å². The second kappa shape index (κ2) is 19.0. The van der Waals surface area contributed by atoms with Crippen LogP contribution in [0.4, 0.5) is 0 Å². The quantitative estimate of drug-likeness (QED) is 0.504. The molecule has 0 saturated carbocycles. The first-order chi connectivity index (χ1) is 9.91. The fourth-order valence-corrected chi connectivity index (χ4v) is 1.62. The van der Waals surface area contributed by atoms with Crippen LogP contribution >= 0.6 is 0 Å². The Kier molecular flexibility index (Phi) is 23.2. The van der Waals surface area contributed by atoms with Gasteiger partial charge in [0.2, 0.25) is 0 Å². The topological polar surface area (TPSA) is 54.7 Å². The third kappa shape index (κ3) is 25.0. The SMILES string of the molecule is CC[N-]CC.CC[N-]CC.C[Si](C)(C)/N=C/c1ccc[n-]1.[Zr+3]. The minimum Gasteiger partial charge on any atom is -0.663 e. The average molecular weight is 401 g/mol. The van der Waals surface area contributed by atoms with Gasteiger partial charge < -0.3 is 20.3 Å². The van der Waals surface area contributed by atoms with E-state index >= 15 is 0 Å². The molecule has 4 nitrogen and oxygen atoms in total. The van der Waals surface area contributed by atoms with E-state index in [4.69, 9.17) is 0 Å². The average Bonchev–Trinajstić information content (AvgIpc) is 2.92. The van der Waals surface area contributed by atoms with Crippen LogP contribution in [-0.4, -0.2) is 40.6 Å². The molecule has 0 fully saturated rings. The van der Waals surface area contributed by atoms with Crippen LogP contribution in [0.2, 0.25) is 19.6 Å². The Morgan fingerprint density at radius 1 is 1.00 bits per heavy atom. The van der Waals surface area contributed by atoms with Gasteiger partial charge in [-0.15, -0.1) is 5.69 Å². The molecule has 0 bridgehead atoms. The molecule has 1 radical (unpaired) electrons. The molecule has 0 amide bonds. The van der Waals surface area contributed by atoms with Crippen LogP contribution in [0.1, 0.15) is 33.4 Å². The van der Waals surface area contributed by atoms with Crippen molar-refractivity contribution in [2.75, 3.05) is 26.2 Å². The van der Waals surface area contributed by atoms with Gasteiger partial charge >= 0.3 is 26.2 Å². The van der Waals surface area contributed by atoms with Crippen LogP contribution < -0.4 is 4.98 Å². The zero-order chi connectivity index (χ0) is 16.6. The molecule has 0 unspecified atom stereocenters. The van der Waals surface area contributed by atoms with Crippen molar-refractivity contribution in [3.63, 3.8) is 0 Å². The molecule has 0 atom stereocenters. The third-order valence-corrected chi connectivity index (χ3v) is 2.96. The van der Waals surface area contributed by atoms with Gasteiger partial charge in [-0.05, 0) is 25.9 Å². The van der Waals surface area contributed by atoms with Crippen LogP contribution in [0, 0.1) is 0 Å². The van der Waals surface area contributed by atoms with Crippen LogP contribution in [-0.2, 0) is 26.2 Å². The van der Waals surface area contributed by atoms with Crippen molar-refractivity contribution in [3.05, 3.63) is 34.7 Å². The van der Waals surface area contributed by atoms with Crippen molar-refractivity contribution in [2.24, 2.45) is 4.66 Å². The minimum absolute atomic E-state index is 0. The molecule has 22 heavy (non-hydrogen) atoms. The fraction of sp³-hybridized carbons (Fsp3) is 0.688. The first-order valence-corrected chi connectivity index (χ1v) is 11.2. The molecule has 1 heterocycles. The fourth-order valence-electron chi connectivity index (χ4n) is 1.10. The molecule has 125 valence electrons. The molecule has 0 aliphatic carbocycles. The first kappa shape index (κ1) is 26.8. The van der Waals surface area contributed by atoms with Gasteiger partial charge in [-0.2, -0.15) is 32.4 Å². The maximum Gasteiger partial charge on any atom is 3.00 e. The Bertz CT molecular complexity index is 311. The van der Waals surface area contributed by atoms with Crippen molar-refractivity contribution >= 4 is 14.5 Å². The van der Waals surface area contributed by atoms with E-state index in [0.29, 0.717) is 0 Å². The Morgan fingerprint density at radius 2 is 1.45 bits per heavy atom. The van der Waals surface area contributed by atoms with Crippen molar-refractivity contribution in [3.8, 4) is 0 Å². The van der Waals surface area contributed by atoms with Gasteiger partial charge in [0.05, 0.1) is 0 Å². The van der Waals surface area contributed by atoms with Crippen LogP contribution in [0.15, 0.2) is 23.0 Å². The van der Waals surface area contributed by atoms with Gasteiger partial charge in [0.25, 0.3) is 0 Å². The normalized spacial score (nSPS) is 10.1. The van der Waals surface area contributed by atoms with Crippen LogP contribution in [0.5, 0.6) is 0 Å². The summed E-state index contributed by atoms with van der Waals surface area (Å²) in [4.78, 5) is 4.09. The van der Waals surface area contributed by atoms with Crippen molar-refractivity contribution < 1.29 is 26.2 Å². The predicted octanol–water partition coefficient (Wildman–Crippen LogP) is 4.69. The molecule has 1 aromatic heterocycles. The third-order valence-electron chi connectivity index (χ3n) is 2.06. The molecule has 0 aliphatic heterocycles. The summed E-state index contributed by atoms with van der Waals surface area (Å²) in [5, 5.41) is 7.94. The molecule has 0 aliphatic rings. The van der Waals surface area contributed by atoms with Crippen molar-refractivity contribution in [1.82, 2.24) is 4.98 Å². The maximum atomic E-state index is 4.45. The zero-order valence-corrected chi connectivity index (χ0v) is 18.9. The van der Waals surface area contributed by atoms with E-state index in [9.17, 15) is 0 Å². The van der Waals surface area contributed by atoms with Gasteiger partial charge in [0.15, 0.2) is 8.24 Å². The molecule has 1 rings (SSSR count). The van der Waals surface area contributed by atoms with Gasteiger partial charge in [0.1, 0.15) is 0 Å².